The third kappa shape index (κ3) is 4.26. The fourth-order valence-electron chi connectivity index (χ4n) is 1.31. The number of sulfonamides is 1. The van der Waals surface area contributed by atoms with Crippen LogP contribution < -0.4 is 5.32 Å². The number of amides is 1. The molecule has 0 aromatic carbocycles. The second kappa shape index (κ2) is 5.82. The molecule has 0 aliphatic carbocycles. The predicted octanol–water partition coefficient (Wildman–Crippen LogP) is -0.467. The van der Waals surface area contributed by atoms with Crippen LogP contribution >= 0.6 is 0 Å². The molecule has 0 fully saturated rings. The summed E-state index contributed by atoms with van der Waals surface area (Å²) in [4.78, 5) is 22.8. The fourth-order valence-corrected chi connectivity index (χ4v) is 1.66. The monoisotopic (exact) mass is 318 g/mol. The third-order valence-corrected chi connectivity index (χ3v) is 4.16. The van der Waals surface area contributed by atoms with Gasteiger partial charge in [0.2, 0.25) is 15.9 Å². The van der Waals surface area contributed by atoms with Gasteiger partial charge >= 0.3 is 5.97 Å². The number of nitrogens with zero attached hydrogens (tertiary/aromatic N) is 3. The number of nitrogens with one attached hydrogen (secondary N) is 1. The molecule has 0 radical (unpaired) electrons. The average Bonchev–Trinajstić information content (AvgIpc) is 2.76. The molecule has 1 amide bonds. The van der Waals surface area contributed by atoms with Gasteiger partial charge in [-0.3, -0.25) is 9.48 Å². The molecule has 21 heavy (non-hydrogen) atoms. The molecule has 0 atom stereocenters. The number of anilines is 1. The lowest BCUT2D eigenvalue weighted by Crippen LogP contribution is -2.36. The van der Waals surface area contributed by atoms with E-state index in [9.17, 15) is 18.0 Å². The van der Waals surface area contributed by atoms with Crippen LogP contribution in [-0.4, -0.2) is 59.3 Å². The molecule has 0 saturated carbocycles. The molecule has 1 aromatic rings. The Bertz CT molecular complexity index is 649. The van der Waals surface area contributed by atoms with Crippen molar-refractivity contribution in [1.29, 1.82) is 0 Å². The van der Waals surface area contributed by atoms with Crippen molar-refractivity contribution in [1.82, 2.24) is 14.1 Å². The molecular weight excluding hydrogens is 300 g/mol. The van der Waals surface area contributed by atoms with Crippen LogP contribution in [0.15, 0.2) is 12.4 Å². The number of carboxylic acid groups (broad SMARTS) is 1. The highest BCUT2D eigenvalue weighted by Crippen LogP contribution is 2.17. The van der Waals surface area contributed by atoms with Crippen LogP contribution in [0.1, 0.15) is 13.8 Å². The number of carbonyl (C=O) groups is 2. The summed E-state index contributed by atoms with van der Waals surface area (Å²) in [5, 5.41) is 15.4. The summed E-state index contributed by atoms with van der Waals surface area (Å²) in [6.07, 6.45) is 3.66. The number of aliphatic carboxylic acids is 1. The van der Waals surface area contributed by atoms with Crippen molar-refractivity contribution in [2.75, 3.05) is 25.2 Å². The third-order valence-electron chi connectivity index (χ3n) is 2.89. The zero-order valence-corrected chi connectivity index (χ0v) is 13.0. The van der Waals surface area contributed by atoms with Crippen LogP contribution in [0.2, 0.25) is 0 Å². The Morgan fingerprint density at radius 3 is 2.52 bits per heavy atom. The number of carbonyl (C=O) groups excluding carboxylic acids is 1. The highest BCUT2D eigenvalue weighted by molar-refractivity contribution is 7.88. The molecular formula is C11H18N4O5S. The lowest BCUT2D eigenvalue weighted by atomic mass is 10.1. The minimum Gasteiger partial charge on any atom is -0.479 e. The van der Waals surface area contributed by atoms with Crippen molar-refractivity contribution in [3.63, 3.8) is 0 Å². The van der Waals surface area contributed by atoms with Gasteiger partial charge in [0, 0.05) is 13.2 Å². The highest BCUT2D eigenvalue weighted by Gasteiger charge is 2.30. The minimum absolute atomic E-state index is 0.288. The summed E-state index contributed by atoms with van der Waals surface area (Å²) in [5.41, 5.74) is -0.969. The standard InChI is InChI=1S/C11H18N4O5S/c1-11(2,10(17)18)15-6-8(5-12-15)13-9(16)7-14(3)21(4,19)20/h5-6H,7H2,1-4H3,(H,13,16)(H,17,18). The number of hydrogen-bond acceptors (Lipinski definition) is 5. The summed E-state index contributed by atoms with van der Waals surface area (Å²) >= 11 is 0. The molecule has 2 N–H and O–H groups in total. The zero-order valence-electron chi connectivity index (χ0n) is 12.2. The Labute approximate surface area is 122 Å². The first-order chi connectivity index (χ1) is 9.44. The van der Waals surface area contributed by atoms with Gasteiger partial charge in [0.25, 0.3) is 0 Å². The first-order valence-electron chi connectivity index (χ1n) is 5.94. The lowest BCUT2D eigenvalue weighted by Gasteiger charge is -2.19. The molecule has 0 unspecified atom stereocenters. The van der Waals surface area contributed by atoms with Crippen molar-refractivity contribution in [3.8, 4) is 0 Å². The Morgan fingerprint density at radius 1 is 1.48 bits per heavy atom. The van der Waals surface area contributed by atoms with Crippen molar-refractivity contribution < 1.29 is 23.1 Å². The van der Waals surface area contributed by atoms with Gasteiger partial charge in [0.1, 0.15) is 0 Å². The van der Waals surface area contributed by atoms with Gasteiger partial charge in [0.15, 0.2) is 5.54 Å². The van der Waals surface area contributed by atoms with Crippen LogP contribution in [0.5, 0.6) is 0 Å². The Morgan fingerprint density at radius 2 is 2.05 bits per heavy atom. The van der Waals surface area contributed by atoms with Gasteiger partial charge in [-0.1, -0.05) is 0 Å². The minimum atomic E-state index is -3.45. The van der Waals surface area contributed by atoms with E-state index in [1.165, 1.54) is 38.0 Å². The number of carboxylic acids is 1. The quantitative estimate of drug-likeness (QED) is 0.731. The normalized spacial score (nSPS) is 12.4. The SMILES string of the molecule is CN(CC(=O)Nc1cnn(C(C)(C)C(=O)O)c1)S(C)(=O)=O. The first-order valence-corrected chi connectivity index (χ1v) is 7.79. The van der Waals surface area contributed by atoms with E-state index in [1.807, 2.05) is 0 Å². The lowest BCUT2D eigenvalue weighted by molar-refractivity contribution is -0.146. The molecule has 0 aliphatic heterocycles. The van der Waals surface area contributed by atoms with Crippen molar-refractivity contribution in [3.05, 3.63) is 12.4 Å². The van der Waals surface area contributed by atoms with Crippen LogP contribution in [0.4, 0.5) is 5.69 Å². The largest absolute Gasteiger partial charge is 0.479 e. The second-order valence-corrected chi connectivity index (χ2v) is 7.19. The van der Waals surface area contributed by atoms with E-state index in [1.54, 1.807) is 0 Å². The van der Waals surface area contributed by atoms with E-state index in [0.29, 0.717) is 0 Å². The Kier molecular flexibility index (Phi) is 4.74. The van der Waals surface area contributed by atoms with Gasteiger partial charge in [-0.25, -0.2) is 13.2 Å². The van der Waals surface area contributed by atoms with E-state index in [2.05, 4.69) is 10.4 Å². The van der Waals surface area contributed by atoms with Gasteiger partial charge < -0.3 is 10.4 Å². The summed E-state index contributed by atoms with van der Waals surface area (Å²) in [7, 11) is -2.16. The van der Waals surface area contributed by atoms with Crippen LogP contribution in [0.25, 0.3) is 0 Å². The molecule has 0 aliphatic rings. The summed E-state index contributed by atoms with van der Waals surface area (Å²) < 4.78 is 24.5. The number of likely N-dealkylation sites (N-methyl/N-ethyl adjacent to an activating group) is 1. The van der Waals surface area contributed by atoms with Crippen LogP contribution in [0.3, 0.4) is 0 Å². The topological polar surface area (TPSA) is 122 Å². The number of aromatic nitrogens is 2. The molecule has 1 rings (SSSR count). The Hall–Kier alpha value is -1.94. The van der Waals surface area contributed by atoms with Gasteiger partial charge in [-0.15, -0.1) is 0 Å². The maximum absolute atomic E-state index is 11.7. The van der Waals surface area contributed by atoms with Crippen LogP contribution in [-0.2, 0) is 25.2 Å². The smallest absolute Gasteiger partial charge is 0.331 e. The van der Waals surface area contributed by atoms with E-state index in [-0.39, 0.29) is 12.2 Å². The molecule has 1 heterocycles. The molecule has 0 spiro atoms. The Balaban J connectivity index is 2.76. The zero-order chi connectivity index (χ0) is 16.4. The first kappa shape index (κ1) is 17.1. The maximum Gasteiger partial charge on any atom is 0.331 e. The number of hydrogen-bond donors (Lipinski definition) is 2. The highest BCUT2D eigenvalue weighted by atomic mass is 32.2. The second-order valence-electron chi connectivity index (χ2n) is 5.10. The predicted molar refractivity (Wildman–Crippen MR) is 75.3 cm³/mol. The molecule has 10 heteroatoms. The summed E-state index contributed by atoms with van der Waals surface area (Å²) in [6.45, 7) is 2.59. The van der Waals surface area contributed by atoms with Crippen LogP contribution in [0, 0.1) is 0 Å². The van der Waals surface area contributed by atoms with Crippen molar-refractivity contribution in [2.45, 2.75) is 19.4 Å². The summed E-state index contributed by atoms with van der Waals surface area (Å²) in [5.74, 6) is -1.61. The molecule has 9 nitrogen and oxygen atoms in total. The molecule has 1 aromatic heterocycles. The molecule has 0 bridgehead atoms. The maximum atomic E-state index is 11.7. The van der Waals surface area contributed by atoms with Gasteiger partial charge in [0.05, 0.1) is 24.7 Å². The molecule has 118 valence electrons. The van der Waals surface area contributed by atoms with E-state index in [4.69, 9.17) is 5.11 Å². The van der Waals surface area contributed by atoms with E-state index >= 15 is 0 Å². The van der Waals surface area contributed by atoms with Gasteiger partial charge in [-0.2, -0.15) is 9.40 Å². The summed E-state index contributed by atoms with van der Waals surface area (Å²) in [6, 6.07) is 0. The number of rotatable bonds is 6. The van der Waals surface area contributed by atoms with E-state index in [0.717, 1.165) is 10.6 Å². The fraction of sp³-hybridized carbons (Fsp3) is 0.545. The average molecular weight is 318 g/mol. The molecule has 0 saturated heterocycles. The van der Waals surface area contributed by atoms with E-state index < -0.39 is 27.4 Å². The van der Waals surface area contributed by atoms with Crippen molar-refractivity contribution >= 4 is 27.6 Å². The van der Waals surface area contributed by atoms with Gasteiger partial charge in [-0.05, 0) is 13.8 Å². The van der Waals surface area contributed by atoms with Crippen molar-refractivity contribution in [2.24, 2.45) is 0 Å².